The Labute approximate surface area is 172 Å². The van der Waals surface area contributed by atoms with E-state index in [-0.39, 0.29) is 25.3 Å². The van der Waals surface area contributed by atoms with Crippen LogP contribution in [-0.2, 0) is 4.79 Å². The highest BCUT2D eigenvalue weighted by Crippen LogP contribution is 2.35. The number of hydrogen-bond donors (Lipinski definition) is 0. The second-order valence-electron chi connectivity index (χ2n) is 7.06. The number of fused-ring (bicyclic) bond motifs is 1. The summed E-state index contributed by atoms with van der Waals surface area (Å²) in [5.74, 6) is 2.48. The average Bonchev–Trinajstić information content (AvgIpc) is 3.47. The predicted molar refractivity (Wildman–Crippen MR) is 104 cm³/mol. The van der Waals surface area contributed by atoms with Gasteiger partial charge in [-0.2, -0.15) is 0 Å². The van der Waals surface area contributed by atoms with Gasteiger partial charge in [-0.1, -0.05) is 6.07 Å². The maximum absolute atomic E-state index is 12.9. The fourth-order valence-electron chi connectivity index (χ4n) is 3.64. The molecule has 0 bridgehead atoms. The van der Waals surface area contributed by atoms with Crippen LogP contribution in [0.4, 0.5) is 0 Å². The molecular weight excluding hydrogens is 388 g/mol. The van der Waals surface area contributed by atoms with E-state index < -0.39 is 0 Å². The normalized spacial score (nSPS) is 17.7. The Morgan fingerprint density at radius 3 is 2.97 bits per heavy atom. The Hall–Kier alpha value is -3.62. The van der Waals surface area contributed by atoms with Crippen molar-refractivity contribution in [2.45, 2.75) is 25.3 Å². The lowest BCUT2D eigenvalue weighted by atomic mass is 10.0. The first kappa shape index (κ1) is 18.4. The summed E-state index contributed by atoms with van der Waals surface area (Å²) in [6.07, 6.45) is 4.34. The third kappa shape index (κ3) is 3.66. The number of ether oxygens (including phenoxy) is 3. The predicted octanol–water partition coefficient (Wildman–Crippen LogP) is 2.99. The van der Waals surface area contributed by atoms with Gasteiger partial charge in [-0.15, -0.1) is 10.2 Å². The number of carbonyl (C=O) groups excluding carboxylic acids is 1. The van der Waals surface area contributed by atoms with Crippen LogP contribution in [0.15, 0.2) is 47.0 Å². The summed E-state index contributed by atoms with van der Waals surface area (Å²) in [5, 5.41) is 8.29. The van der Waals surface area contributed by atoms with Gasteiger partial charge in [0.2, 0.25) is 12.7 Å². The molecule has 2 aliphatic heterocycles. The second-order valence-corrected chi connectivity index (χ2v) is 7.06. The monoisotopic (exact) mass is 408 g/mol. The van der Waals surface area contributed by atoms with E-state index in [1.807, 2.05) is 12.1 Å². The standard InChI is InChI=1S/C21H20N4O5/c26-19(12-27-14-7-8-17-18(11-14)29-13-28-17)25-10-4-2-6-16(25)21-24-23-20(30-21)15-5-1-3-9-22-15/h1,3,5,7-9,11,16H,2,4,6,10,12-13H2. The van der Waals surface area contributed by atoms with Crippen molar-refractivity contribution in [1.82, 2.24) is 20.1 Å². The van der Waals surface area contributed by atoms with E-state index in [1.54, 1.807) is 35.4 Å². The molecule has 5 rings (SSSR count). The lowest BCUT2D eigenvalue weighted by molar-refractivity contribution is -0.137. The molecule has 9 heteroatoms. The van der Waals surface area contributed by atoms with E-state index in [4.69, 9.17) is 18.6 Å². The molecule has 3 aromatic rings. The van der Waals surface area contributed by atoms with Gasteiger partial charge in [-0.05, 0) is 43.5 Å². The van der Waals surface area contributed by atoms with Crippen molar-refractivity contribution in [3.63, 3.8) is 0 Å². The zero-order valence-corrected chi connectivity index (χ0v) is 16.2. The number of benzene rings is 1. The summed E-state index contributed by atoms with van der Waals surface area (Å²) >= 11 is 0. The van der Waals surface area contributed by atoms with Gasteiger partial charge in [0.25, 0.3) is 11.8 Å². The Balaban J connectivity index is 1.28. The van der Waals surface area contributed by atoms with Gasteiger partial charge >= 0.3 is 0 Å². The van der Waals surface area contributed by atoms with Crippen molar-refractivity contribution in [3.8, 4) is 28.8 Å². The van der Waals surface area contributed by atoms with Gasteiger partial charge in [0.15, 0.2) is 18.1 Å². The minimum Gasteiger partial charge on any atom is -0.484 e. The highest BCUT2D eigenvalue weighted by molar-refractivity contribution is 5.78. The number of amides is 1. The van der Waals surface area contributed by atoms with Gasteiger partial charge in [0, 0.05) is 18.8 Å². The van der Waals surface area contributed by atoms with Crippen LogP contribution in [-0.4, -0.2) is 45.9 Å². The van der Waals surface area contributed by atoms with Crippen LogP contribution >= 0.6 is 0 Å². The van der Waals surface area contributed by atoms with Crippen molar-refractivity contribution < 1.29 is 23.4 Å². The third-order valence-corrected chi connectivity index (χ3v) is 5.14. The molecule has 1 unspecified atom stereocenters. The first-order chi connectivity index (χ1) is 14.8. The topological polar surface area (TPSA) is 99.8 Å². The Morgan fingerprint density at radius 1 is 1.13 bits per heavy atom. The molecule has 0 saturated carbocycles. The Bertz CT molecular complexity index is 1040. The van der Waals surface area contributed by atoms with Crippen LogP contribution in [0.25, 0.3) is 11.6 Å². The zero-order valence-electron chi connectivity index (χ0n) is 16.2. The molecule has 1 atom stereocenters. The molecule has 0 aliphatic carbocycles. The van der Waals surface area contributed by atoms with E-state index in [2.05, 4.69) is 15.2 Å². The molecule has 30 heavy (non-hydrogen) atoms. The Kier molecular flexibility index (Phi) is 4.92. The fraction of sp³-hybridized carbons (Fsp3) is 0.333. The zero-order chi connectivity index (χ0) is 20.3. The number of likely N-dealkylation sites (tertiary alicyclic amines) is 1. The second kappa shape index (κ2) is 8.02. The number of aromatic nitrogens is 3. The number of nitrogens with zero attached hydrogens (tertiary/aromatic N) is 4. The summed E-state index contributed by atoms with van der Waals surface area (Å²) < 4.78 is 22.2. The van der Waals surface area contributed by atoms with E-state index in [0.29, 0.717) is 41.3 Å². The molecule has 4 heterocycles. The maximum atomic E-state index is 12.9. The quantitative estimate of drug-likeness (QED) is 0.635. The molecule has 2 aliphatic rings. The van der Waals surface area contributed by atoms with E-state index in [0.717, 1.165) is 19.3 Å². The number of pyridine rings is 1. The van der Waals surface area contributed by atoms with Gasteiger partial charge < -0.3 is 23.5 Å². The molecule has 154 valence electrons. The lowest BCUT2D eigenvalue weighted by Crippen LogP contribution is -2.41. The van der Waals surface area contributed by atoms with Crippen LogP contribution in [0, 0.1) is 0 Å². The maximum Gasteiger partial charge on any atom is 0.266 e. The molecule has 1 saturated heterocycles. The van der Waals surface area contributed by atoms with Crippen molar-refractivity contribution in [3.05, 3.63) is 48.5 Å². The van der Waals surface area contributed by atoms with Gasteiger partial charge in [-0.3, -0.25) is 9.78 Å². The van der Waals surface area contributed by atoms with Crippen molar-refractivity contribution >= 4 is 5.91 Å². The van der Waals surface area contributed by atoms with Crippen molar-refractivity contribution in [2.75, 3.05) is 19.9 Å². The van der Waals surface area contributed by atoms with Crippen molar-refractivity contribution in [1.29, 1.82) is 0 Å². The molecule has 9 nitrogen and oxygen atoms in total. The third-order valence-electron chi connectivity index (χ3n) is 5.14. The summed E-state index contributed by atoms with van der Waals surface area (Å²) in [7, 11) is 0. The highest BCUT2D eigenvalue weighted by Gasteiger charge is 2.32. The Morgan fingerprint density at radius 2 is 2.07 bits per heavy atom. The van der Waals surface area contributed by atoms with Gasteiger partial charge in [0.1, 0.15) is 17.5 Å². The summed E-state index contributed by atoms with van der Waals surface area (Å²) in [4.78, 5) is 18.9. The molecule has 0 radical (unpaired) electrons. The number of rotatable bonds is 5. The minimum absolute atomic E-state index is 0.0859. The van der Waals surface area contributed by atoms with E-state index in [9.17, 15) is 4.79 Å². The molecular formula is C21H20N4O5. The van der Waals surface area contributed by atoms with Crippen molar-refractivity contribution in [2.24, 2.45) is 0 Å². The average molecular weight is 408 g/mol. The molecule has 1 aromatic carbocycles. The van der Waals surface area contributed by atoms with Gasteiger partial charge in [0.05, 0.1) is 0 Å². The molecule has 1 fully saturated rings. The first-order valence-corrected chi connectivity index (χ1v) is 9.85. The molecule has 0 N–H and O–H groups in total. The van der Waals surface area contributed by atoms with E-state index in [1.165, 1.54) is 0 Å². The molecule has 0 spiro atoms. The van der Waals surface area contributed by atoms with Crippen LogP contribution < -0.4 is 14.2 Å². The summed E-state index contributed by atoms with van der Waals surface area (Å²) in [5.41, 5.74) is 0.607. The van der Waals surface area contributed by atoms with E-state index >= 15 is 0 Å². The smallest absolute Gasteiger partial charge is 0.266 e. The minimum atomic E-state index is -0.267. The largest absolute Gasteiger partial charge is 0.484 e. The van der Waals surface area contributed by atoms with Crippen LogP contribution in [0.1, 0.15) is 31.2 Å². The highest BCUT2D eigenvalue weighted by atomic mass is 16.7. The summed E-state index contributed by atoms with van der Waals surface area (Å²) in [6.45, 7) is 0.727. The SMILES string of the molecule is O=C(COc1ccc2c(c1)OCO2)N1CCCCC1c1nnc(-c2ccccn2)o1. The van der Waals surface area contributed by atoms with Crippen LogP contribution in [0.3, 0.4) is 0 Å². The lowest BCUT2D eigenvalue weighted by Gasteiger charge is -2.33. The molecule has 2 aromatic heterocycles. The van der Waals surface area contributed by atoms with Crippen LogP contribution in [0.5, 0.6) is 17.2 Å². The fourth-order valence-corrected chi connectivity index (χ4v) is 3.64. The number of hydrogen-bond acceptors (Lipinski definition) is 8. The number of piperidine rings is 1. The first-order valence-electron chi connectivity index (χ1n) is 9.85. The number of carbonyl (C=O) groups is 1. The van der Waals surface area contributed by atoms with Crippen LogP contribution in [0.2, 0.25) is 0 Å². The van der Waals surface area contributed by atoms with Gasteiger partial charge in [-0.25, -0.2) is 0 Å². The molecule has 1 amide bonds. The summed E-state index contributed by atoms with van der Waals surface area (Å²) in [6, 6.07) is 10.5.